The molecule has 1 aromatic rings. The molecule has 1 aromatic carbocycles. The van der Waals surface area contributed by atoms with Gasteiger partial charge in [0.05, 0.1) is 17.5 Å². The van der Waals surface area contributed by atoms with E-state index in [9.17, 15) is 23.1 Å². The highest BCUT2D eigenvalue weighted by Gasteiger charge is 2.53. The Bertz CT molecular complexity index is 832. The molecule has 1 saturated heterocycles. The summed E-state index contributed by atoms with van der Waals surface area (Å²) in [4.78, 5) is 25.1. The van der Waals surface area contributed by atoms with Crippen LogP contribution in [0.1, 0.15) is 34.1 Å². The smallest absolute Gasteiger partial charge is 0.411 e. The Hall–Kier alpha value is -1.65. The van der Waals surface area contributed by atoms with Gasteiger partial charge in [-0.05, 0) is 52.0 Å². The van der Waals surface area contributed by atoms with Crippen molar-refractivity contribution in [2.24, 2.45) is 0 Å². The van der Waals surface area contributed by atoms with Crippen LogP contribution in [0.5, 0.6) is 0 Å². The van der Waals surface area contributed by atoms with Gasteiger partial charge in [-0.1, -0.05) is 15.9 Å². The van der Waals surface area contributed by atoms with E-state index in [1.807, 2.05) is 0 Å². The van der Waals surface area contributed by atoms with Crippen LogP contribution in [0.4, 0.5) is 4.79 Å². The van der Waals surface area contributed by atoms with E-state index in [1.54, 1.807) is 32.9 Å². The number of likely N-dealkylation sites (tertiary alicyclic amines) is 1. The van der Waals surface area contributed by atoms with Crippen molar-refractivity contribution in [2.45, 2.75) is 56.3 Å². The normalized spacial score (nSPS) is 23.3. The predicted molar refractivity (Wildman–Crippen MR) is 99.8 cm³/mol. The number of carbonyl (C=O) groups excluding carboxylic acids is 1. The summed E-state index contributed by atoms with van der Waals surface area (Å²) in [6, 6.07) is 5.85. The number of amides is 1. The van der Waals surface area contributed by atoms with E-state index < -0.39 is 39.4 Å². The largest absolute Gasteiger partial charge is 0.480 e. The molecular formula is C17H22BrNO7S. The number of carboxylic acid groups (broad SMARTS) is 1. The van der Waals surface area contributed by atoms with Crippen LogP contribution in [0.15, 0.2) is 33.6 Å². The van der Waals surface area contributed by atoms with Gasteiger partial charge in [0.15, 0.2) is 0 Å². The van der Waals surface area contributed by atoms with Gasteiger partial charge in [-0.15, -0.1) is 0 Å². The second-order valence-electron chi connectivity index (χ2n) is 7.50. The SMILES string of the molecule is CC(C)(C)OC(=O)N1C[C@@H](OS(=O)(=O)c2ccc(Br)cc2)C[C@@]1(C)C(=O)O. The number of rotatable bonds is 4. The van der Waals surface area contributed by atoms with Crippen molar-refractivity contribution < 1.29 is 32.0 Å². The number of hydrogen-bond donors (Lipinski definition) is 1. The third-order valence-electron chi connectivity index (χ3n) is 4.05. The van der Waals surface area contributed by atoms with E-state index in [-0.39, 0.29) is 17.9 Å². The molecule has 1 N–H and O–H groups in total. The molecule has 1 aliphatic heterocycles. The van der Waals surface area contributed by atoms with Crippen LogP contribution in [0.2, 0.25) is 0 Å². The average Bonchev–Trinajstić information content (AvgIpc) is 2.83. The van der Waals surface area contributed by atoms with Gasteiger partial charge < -0.3 is 9.84 Å². The number of carboxylic acids is 1. The Labute approximate surface area is 166 Å². The highest BCUT2D eigenvalue weighted by atomic mass is 79.9. The van der Waals surface area contributed by atoms with Gasteiger partial charge in [0.2, 0.25) is 0 Å². The quantitative estimate of drug-likeness (QED) is 0.682. The molecule has 1 fully saturated rings. The second-order valence-corrected chi connectivity index (χ2v) is 9.99. The van der Waals surface area contributed by atoms with E-state index in [0.29, 0.717) is 4.47 Å². The zero-order valence-corrected chi connectivity index (χ0v) is 17.8. The number of halogens is 1. The van der Waals surface area contributed by atoms with Crippen LogP contribution in [0.25, 0.3) is 0 Å². The van der Waals surface area contributed by atoms with E-state index >= 15 is 0 Å². The van der Waals surface area contributed by atoms with E-state index in [4.69, 9.17) is 8.92 Å². The first-order chi connectivity index (χ1) is 12.2. The lowest BCUT2D eigenvalue weighted by atomic mass is 9.99. The number of benzene rings is 1. The van der Waals surface area contributed by atoms with E-state index in [0.717, 1.165) is 4.90 Å². The Balaban J connectivity index is 2.23. The molecule has 0 radical (unpaired) electrons. The lowest BCUT2D eigenvalue weighted by Gasteiger charge is -2.32. The van der Waals surface area contributed by atoms with Crippen molar-refractivity contribution in [2.75, 3.05) is 6.54 Å². The fourth-order valence-electron chi connectivity index (χ4n) is 2.72. The topological polar surface area (TPSA) is 110 Å². The molecule has 10 heteroatoms. The van der Waals surface area contributed by atoms with Gasteiger partial charge in [-0.3, -0.25) is 9.08 Å². The third kappa shape index (κ3) is 4.99. The summed E-state index contributed by atoms with van der Waals surface area (Å²) in [6.07, 6.45) is -2.02. The Kier molecular flexibility index (Phi) is 5.93. The summed E-state index contributed by atoms with van der Waals surface area (Å²) in [5.41, 5.74) is -2.46. The van der Waals surface area contributed by atoms with E-state index in [1.165, 1.54) is 19.1 Å². The molecule has 2 atom stereocenters. The summed E-state index contributed by atoms with van der Waals surface area (Å²) >= 11 is 3.22. The van der Waals surface area contributed by atoms with Crippen molar-refractivity contribution in [3.05, 3.63) is 28.7 Å². The minimum atomic E-state index is -4.11. The molecule has 1 aliphatic rings. The lowest BCUT2D eigenvalue weighted by molar-refractivity contribution is -0.148. The van der Waals surface area contributed by atoms with Crippen LogP contribution in [-0.4, -0.2) is 54.3 Å². The van der Waals surface area contributed by atoms with Crippen molar-refractivity contribution in [3.8, 4) is 0 Å². The maximum Gasteiger partial charge on any atom is 0.411 e. The van der Waals surface area contributed by atoms with Crippen molar-refractivity contribution in [1.29, 1.82) is 0 Å². The summed E-state index contributed by atoms with van der Waals surface area (Å²) in [7, 11) is -4.11. The minimum Gasteiger partial charge on any atom is -0.480 e. The van der Waals surface area contributed by atoms with Crippen LogP contribution in [0.3, 0.4) is 0 Å². The zero-order chi connectivity index (χ0) is 20.6. The standard InChI is InChI=1S/C17H22BrNO7S/c1-16(2,3)25-15(22)19-10-12(9-17(19,4)14(20)21)26-27(23,24)13-7-5-11(18)6-8-13/h5-8,12H,9-10H2,1-4H3,(H,20,21)/t12-,17-/m0/s1. The number of nitrogens with zero attached hydrogens (tertiary/aromatic N) is 1. The third-order valence-corrected chi connectivity index (χ3v) is 5.95. The summed E-state index contributed by atoms with van der Waals surface area (Å²) in [6.45, 7) is 6.10. The molecular weight excluding hydrogens is 442 g/mol. The Morgan fingerprint density at radius 2 is 1.81 bits per heavy atom. The molecule has 150 valence electrons. The zero-order valence-electron chi connectivity index (χ0n) is 15.4. The highest BCUT2D eigenvalue weighted by molar-refractivity contribution is 9.10. The molecule has 0 unspecified atom stereocenters. The number of ether oxygens (including phenoxy) is 1. The first-order valence-corrected chi connectivity index (χ1v) is 10.4. The maximum absolute atomic E-state index is 12.5. The summed E-state index contributed by atoms with van der Waals surface area (Å²) in [5, 5.41) is 9.59. The van der Waals surface area contributed by atoms with Gasteiger partial charge in [0.25, 0.3) is 10.1 Å². The molecule has 0 bridgehead atoms. The molecule has 27 heavy (non-hydrogen) atoms. The molecule has 8 nitrogen and oxygen atoms in total. The highest BCUT2D eigenvalue weighted by Crippen LogP contribution is 2.34. The summed E-state index contributed by atoms with van der Waals surface area (Å²) in [5.74, 6) is -1.26. The first kappa shape index (κ1) is 21.6. The van der Waals surface area contributed by atoms with Crippen LogP contribution >= 0.6 is 15.9 Å². The van der Waals surface area contributed by atoms with Crippen molar-refractivity contribution >= 4 is 38.1 Å². The lowest BCUT2D eigenvalue weighted by Crippen LogP contribution is -2.52. The molecule has 0 aliphatic carbocycles. The Morgan fingerprint density at radius 1 is 1.26 bits per heavy atom. The minimum absolute atomic E-state index is 0.0570. The van der Waals surface area contributed by atoms with Crippen molar-refractivity contribution in [1.82, 2.24) is 4.90 Å². The monoisotopic (exact) mass is 463 g/mol. The maximum atomic E-state index is 12.5. The molecule has 2 rings (SSSR count). The number of hydrogen-bond acceptors (Lipinski definition) is 6. The summed E-state index contributed by atoms with van der Waals surface area (Å²) < 4.78 is 36.1. The van der Waals surface area contributed by atoms with Crippen LogP contribution in [-0.2, 0) is 23.8 Å². The van der Waals surface area contributed by atoms with Crippen LogP contribution < -0.4 is 0 Å². The van der Waals surface area contributed by atoms with Crippen molar-refractivity contribution in [3.63, 3.8) is 0 Å². The van der Waals surface area contributed by atoms with Gasteiger partial charge in [0.1, 0.15) is 11.1 Å². The van der Waals surface area contributed by atoms with Gasteiger partial charge in [-0.2, -0.15) is 8.42 Å². The van der Waals surface area contributed by atoms with Crippen LogP contribution in [0, 0.1) is 0 Å². The van der Waals surface area contributed by atoms with Gasteiger partial charge >= 0.3 is 12.1 Å². The number of carbonyl (C=O) groups is 2. The fraction of sp³-hybridized carbons (Fsp3) is 0.529. The fourth-order valence-corrected chi connectivity index (χ4v) is 4.05. The molecule has 1 amide bonds. The predicted octanol–water partition coefficient (Wildman–Crippen LogP) is 3.01. The first-order valence-electron chi connectivity index (χ1n) is 8.17. The number of aliphatic carboxylic acids is 1. The average molecular weight is 464 g/mol. The molecule has 0 saturated carbocycles. The molecule has 0 spiro atoms. The van der Waals surface area contributed by atoms with Gasteiger partial charge in [-0.25, -0.2) is 9.59 Å². The molecule has 1 heterocycles. The van der Waals surface area contributed by atoms with E-state index in [2.05, 4.69) is 15.9 Å². The van der Waals surface area contributed by atoms with Gasteiger partial charge in [0, 0.05) is 10.9 Å². The second kappa shape index (κ2) is 7.40. The Morgan fingerprint density at radius 3 is 2.30 bits per heavy atom. The molecule has 0 aromatic heterocycles.